The molecule has 0 radical (unpaired) electrons. The van der Waals surface area contributed by atoms with Gasteiger partial charge in [0.1, 0.15) is 5.82 Å². The lowest BCUT2D eigenvalue weighted by atomic mass is 9.88. The zero-order chi connectivity index (χ0) is 16.9. The van der Waals surface area contributed by atoms with Gasteiger partial charge in [-0.15, -0.1) is 0 Å². The van der Waals surface area contributed by atoms with E-state index in [0.29, 0.717) is 12.0 Å². The first-order valence-corrected chi connectivity index (χ1v) is 9.64. The van der Waals surface area contributed by atoms with Crippen molar-refractivity contribution < 1.29 is 4.74 Å². The van der Waals surface area contributed by atoms with Gasteiger partial charge in [0.25, 0.3) is 0 Å². The molecule has 2 fully saturated rings. The maximum Gasteiger partial charge on any atom is 0.111 e. The highest BCUT2D eigenvalue weighted by Crippen LogP contribution is 2.33. The minimum absolute atomic E-state index is 0.328. The van der Waals surface area contributed by atoms with Gasteiger partial charge in [-0.3, -0.25) is 9.88 Å². The van der Waals surface area contributed by atoms with E-state index in [1.807, 2.05) is 24.7 Å². The molecule has 1 saturated carbocycles. The molecular weight excluding hydrogens is 312 g/mol. The molecule has 134 valence electrons. The molecule has 25 heavy (non-hydrogen) atoms. The summed E-state index contributed by atoms with van der Waals surface area (Å²) in [5.41, 5.74) is 1.28. The Morgan fingerprint density at radius 2 is 1.96 bits per heavy atom. The predicted molar refractivity (Wildman–Crippen MR) is 97.4 cm³/mol. The zero-order valence-electron chi connectivity index (χ0n) is 14.9. The van der Waals surface area contributed by atoms with Crippen molar-refractivity contribution >= 4 is 0 Å². The largest absolute Gasteiger partial charge is 0.379 e. The average Bonchev–Trinajstić information content (AvgIpc) is 3.16. The summed E-state index contributed by atoms with van der Waals surface area (Å²) in [7, 11) is 0. The molecule has 1 atom stereocenters. The fraction of sp³-hybridized carbons (Fsp3) is 0.600. The van der Waals surface area contributed by atoms with Crippen molar-refractivity contribution in [1.82, 2.24) is 19.4 Å². The van der Waals surface area contributed by atoms with Gasteiger partial charge >= 0.3 is 0 Å². The Morgan fingerprint density at radius 3 is 2.72 bits per heavy atom. The minimum atomic E-state index is 0.328. The van der Waals surface area contributed by atoms with Gasteiger partial charge < -0.3 is 9.30 Å². The van der Waals surface area contributed by atoms with Crippen LogP contribution in [0.4, 0.5) is 0 Å². The molecule has 2 aromatic rings. The van der Waals surface area contributed by atoms with E-state index in [-0.39, 0.29) is 0 Å². The highest BCUT2D eigenvalue weighted by atomic mass is 16.5. The van der Waals surface area contributed by atoms with E-state index in [9.17, 15) is 0 Å². The van der Waals surface area contributed by atoms with Gasteiger partial charge in [0.05, 0.1) is 19.3 Å². The molecule has 4 rings (SSSR count). The van der Waals surface area contributed by atoms with Gasteiger partial charge in [0.15, 0.2) is 0 Å². The normalized spacial score (nSPS) is 21.3. The Labute approximate surface area is 150 Å². The third-order valence-corrected chi connectivity index (χ3v) is 5.64. The van der Waals surface area contributed by atoms with Crippen LogP contribution in [0.2, 0.25) is 0 Å². The second-order valence-corrected chi connectivity index (χ2v) is 7.22. The fourth-order valence-corrected chi connectivity index (χ4v) is 4.28. The number of nitrogens with zero attached hydrogens (tertiary/aromatic N) is 4. The van der Waals surface area contributed by atoms with E-state index >= 15 is 0 Å². The van der Waals surface area contributed by atoms with E-state index in [0.717, 1.165) is 32.8 Å². The third-order valence-electron chi connectivity index (χ3n) is 5.64. The third kappa shape index (κ3) is 3.93. The maximum absolute atomic E-state index is 5.56. The Hall–Kier alpha value is -1.72. The summed E-state index contributed by atoms with van der Waals surface area (Å²) in [5, 5.41) is 0. The fourth-order valence-electron chi connectivity index (χ4n) is 4.28. The van der Waals surface area contributed by atoms with Crippen LogP contribution in [0.5, 0.6) is 0 Å². The molecule has 1 aliphatic heterocycles. The summed E-state index contributed by atoms with van der Waals surface area (Å²) < 4.78 is 7.96. The number of morpholine rings is 1. The van der Waals surface area contributed by atoms with Gasteiger partial charge in [-0.05, 0) is 24.5 Å². The lowest BCUT2D eigenvalue weighted by molar-refractivity contribution is 0.0120. The van der Waals surface area contributed by atoms with Crippen LogP contribution in [-0.2, 0) is 11.3 Å². The quantitative estimate of drug-likeness (QED) is 0.837. The molecule has 3 heterocycles. The molecule has 0 amide bonds. The Bertz CT molecular complexity index is 645. The van der Waals surface area contributed by atoms with E-state index in [1.165, 1.54) is 43.5 Å². The molecule has 2 aromatic heterocycles. The van der Waals surface area contributed by atoms with Gasteiger partial charge in [0.2, 0.25) is 0 Å². The van der Waals surface area contributed by atoms with Crippen LogP contribution in [0.1, 0.15) is 55.5 Å². The molecule has 1 aliphatic carbocycles. The molecule has 0 aromatic carbocycles. The number of rotatable bonds is 5. The van der Waals surface area contributed by atoms with Crippen molar-refractivity contribution in [2.24, 2.45) is 0 Å². The summed E-state index contributed by atoms with van der Waals surface area (Å²) in [6.45, 7) is 4.53. The SMILES string of the molecule is c1cncc(C(Cn2ccnc2C2CCCCC2)N2CCOCC2)c1. The molecule has 5 heteroatoms. The van der Waals surface area contributed by atoms with E-state index in [4.69, 9.17) is 9.72 Å². The highest BCUT2D eigenvalue weighted by molar-refractivity contribution is 5.15. The van der Waals surface area contributed by atoms with Crippen LogP contribution in [-0.4, -0.2) is 45.7 Å². The van der Waals surface area contributed by atoms with Gasteiger partial charge in [-0.2, -0.15) is 0 Å². The summed E-state index contributed by atoms with van der Waals surface area (Å²) in [6.07, 6.45) is 14.6. The van der Waals surface area contributed by atoms with Crippen LogP contribution in [0.25, 0.3) is 0 Å². The average molecular weight is 340 g/mol. The highest BCUT2D eigenvalue weighted by Gasteiger charge is 2.26. The summed E-state index contributed by atoms with van der Waals surface area (Å²) in [4.78, 5) is 11.6. The van der Waals surface area contributed by atoms with Crippen molar-refractivity contribution in [2.45, 2.75) is 50.6 Å². The number of ether oxygens (including phenoxy) is 1. The smallest absolute Gasteiger partial charge is 0.111 e. The van der Waals surface area contributed by atoms with Gasteiger partial charge in [-0.1, -0.05) is 25.3 Å². The van der Waals surface area contributed by atoms with Gasteiger partial charge in [-0.25, -0.2) is 4.98 Å². The van der Waals surface area contributed by atoms with Crippen LogP contribution in [0, 0.1) is 0 Å². The molecule has 0 N–H and O–H groups in total. The summed E-state index contributed by atoms with van der Waals surface area (Å²) in [6, 6.07) is 4.57. The van der Waals surface area contributed by atoms with E-state index < -0.39 is 0 Å². The Balaban J connectivity index is 1.57. The van der Waals surface area contributed by atoms with Crippen LogP contribution in [0.3, 0.4) is 0 Å². The van der Waals surface area contributed by atoms with Crippen molar-refractivity contribution in [3.8, 4) is 0 Å². The van der Waals surface area contributed by atoms with Crippen molar-refractivity contribution in [3.05, 3.63) is 48.3 Å². The molecule has 1 saturated heterocycles. The number of hydrogen-bond donors (Lipinski definition) is 0. The minimum Gasteiger partial charge on any atom is -0.379 e. The lowest BCUT2D eigenvalue weighted by Gasteiger charge is -2.35. The van der Waals surface area contributed by atoms with Crippen molar-refractivity contribution in [3.63, 3.8) is 0 Å². The molecule has 1 unspecified atom stereocenters. The standard InChI is InChI=1S/C20H28N4O/c1-2-5-17(6-3-1)20-22-9-10-24(20)16-19(18-7-4-8-21-15-18)23-11-13-25-14-12-23/h4,7-10,15,17,19H,1-3,5-6,11-14,16H2. The first kappa shape index (κ1) is 16.7. The molecule has 0 spiro atoms. The van der Waals surface area contributed by atoms with Crippen LogP contribution >= 0.6 is 0 Å². The topological polar surface area (TPSA) is 43.2 Å². The second-order valence-electron chi connectivity index (χ2n) is 7.22. The van der Waals surface area contributed by atoms with Crippen LogP contribution in [0.15, 0.2) is 36.9 Å². The second kappa shape index (κ2) is 8.11. The number of aromatic nitrogens is 3. The Kier molecular flexibility index (Phi) is 5.43. The van der Waals surface area contributed by atoms with Gasteiger partial charge in [0, 0.05) is 50.3 Å². The number of pyridine rings is 1. The first-order chi connectivity index (χ1) is 12.4. The number of imidazole rings is 1. The number of hydrogen-bond acceptors (Lipinski definition) is 4. The van der Waals surface area contributed by atoms with Crippen molar-refractivity contribution in [2.75, 3.05) is 26.3 Å². The Morgan fingerprint density at radius 1 is 1.12 bits per heavy atom. The summed E-state index contributed by atoms with van der Waals surface area (Å²) >= 11 is 0. The van der Waals surface area contributed by atoms with Crippen LogP contribution < -0.4 is 0 Å². The van der Waals surface area contributed by atoms with E-state index in [1.54, 1.807) is 0 Å². The molecule has 0 bridgehead atoms. The van der Waals surface area contributed by atoms with E-state index in [2.05, 4.69) is 26.7 Å². The first-order valence-electron chi connectivity index (χ1n) is 9.64. The zero-order valence-corrected chi connectivity index (χ0v) is 14.9. The molecule has 5 nitrogen and oxygen atoms in total. The lowest BCUT2D eigenvalue weighted by Crippen LogP contribution is -2.40. The predicted octanol–water partition coefficient (Wildman–Crippen LogP) is 3.40. The molecular formula is C20H28N4O. The monoisotopic (exact) mass is 340 g/mol. The molecule has 2 aliphatic rings. The van der Waals surface area contributed by atoms with Crippen molar-refractivity contribution in [1.29, 1.82) is 0 Å². The maximum atomic E-state index is 5.56. The summed E-state index contributed by atoms with van der Waals surface area (Å²) in [5.74, 6) is 1.91.